The number of rotatable bonds is 7. The van der Waals surface area contributed by atoms with Gasteiger partial charge in [-0.3, -0.25) is 0 Å². The van der Waals surface area contributed by atoms with Crippen molar-refractivity contribution in [3.8, 4) is 0 Å². The quantitative estimate of drug-likeness (QED) is 0.814. The van der Waals surface area contributed by atoms with E-state index in [9.17, 15) is 8.78 Å². The summed E-state index contributed by atoms with van der Waals surface area (Å²) in [5.74, 6) is -0.570. The minimum absolute atomic E-state index is 0.298. The van der Waals surface area contributed by atoms with Crippen molar-refractivity contribution in [3.05, 3.63) is 35.4 Å². The lowest BCUT2D eigenvalue weighted by atomic mass is 10.1. The molecule has 0 saturated carbocycles. The first-order valence-electron chi connectivity index (χ1n) is 6.31. The topological polar surface area (TPSA) is 12.0 Å². The van der Waals surface area contributed by atoms with E-state index in [4.69, 9.17) is 0 Å². The van der Waals surface area contributed by atoms with Crippen LogP contribution >= 0.6 is 11.8 Å². The monoisotopic (exact) mass is 273 g/mol. The second-order valence-electron chi connectivity index (χ2n) is 4.59. The van der Waals surface area contributed by atoms with E-state index in [1.54, 1.807) is 6.07 Å². The fraction of sp³-hybridized carbons (Fsp3) is 0.571. The summed E-state index contributed by atoms with van der Waals surface area (Å²) in [6, 6.07) is 4.44. The molecule has 0 amide bonds. The lowest BCUT2D eigenvalue weighted by Crippen LogP contribution is -2.33. The van der Waals surface area contributed by atoms with Gasteiger partial charge in [-0.05, 0) is 35.9 Å². The molecule has 1 aromatic carbocycles. The van der Waals surface area contributed by atoms with E-state index in [0.29, 0.717) is 11.3 Å². The van der Waals surface area contributed by atoms with Crippen molar-refractivity contribution in [2.75, 3.05) is 12.3 Å². The standard InChI is InChI=1S/C14H21F2NS/c1-4-17-12(9-18-10(2)3)7-11-5-6-13(15)14(16)8-11/h5-6,8,10,12,17H,4,7,9H2,1-3H3. The number of hydrogen-bond donors (Lipinski definition) is 1. The fourth-order valence-electron chi connectivity index (χ4n) is 1.74. The molecule has 1 unspecified atom stereocenters. The van der Waals surface area contributed by atoms with Gasteiger partial charge in [0.2, 0.25) is 0 Å². The molecule has 1 nitrogen and oxygen atoms in total. The van der Waals surface area contributed by atoms with Gasteiger partial charge >= 0.3 is 0 Å². The van der Waals surface area contributed by atoms with Crippen molar-refractivity contribution in [2.24, 2.45) is 0 Å². The zero-order valence-corrected chi connectivity index (χ0v) is 12.0. The number of thioether (sulfide) groups is 1. The smallest absolute Gasteiger partial charge is 0.159 e. The third-order valence-corrected chi connectivity index (χ3v) is 3.85. The average Bonchev–Trinajstić information content (AvgIpc) is 2.31. The number of likely N-dealkylation sites (N-methyl/N-ethyl adjacent to an activating group) is 1. The zero-order chi connectivity index (χ0) is 13.5. The molecule has 0 aromatic heterocycles. The average molecular weight is 273 g/mol. The van der Waals surface area contributed by atoms with Crippen molar-refractivity contribution in [3.63, 3.8) is 0 Å². The van der Waals surface area contributed by atoms with Crippen molar-refractivity contribution in [1.82, 2.24) is 5.32 Å². The second kappa shape index (κ2) is 7.74. The Balaban J connectivity index is 2.61. The summed E-state index contributed by atoms with van der Waals surface area (Å²) in [5, 5.41) is 3.96. The van der Waals surface area contributed by atoms with Crippen molar-refractivity contribution >= 4 is 11.8 Å². The van der Waals surface area contributed by atoms with Crippen LogP contribution in [0.15, 0.2) is 18.2 Å². The van der Waals surface area contributed by atoms with Gasteiger partial charge in [-0.25, -0.2) is 8.78 Å². The van der Waals surface area contributed by atoms with Crippen LogP contribution in [0.2, 0.25) is 0 Å². The Bertz CT molecular complexity index is 369. The Labute approximate surface area is 112 Å². The molecule has 102 valence electrons. The second-order valence-corrected chi connectivity index (χ2v) is 6.20. The summed E-state index contributed by atoms with van der Waals surface area (Å²) in [5.41, 5.74) is 0.837. The molecular weight excluding hydrogens is 252 g/mol. The maximum absolute atomic E-state index is 13.1. The van der Waals surface area contributed by atoms with Gasteiger partial charge in [-0.2, -0.15) is 11.8 Å². The first kappa shape index (κ1) is 15.4. The first-order valence-corrected chi connectivity index (χ1v) is 7.36. The highest BCUT2D eigenvalue weighted by atomic mass is 32.2. The molecule has 0 radical (unpaired) electrons. The largest absolute Gasteiger partial charge is 0.313 e. The molecule has 0 bridgehead atoms. The molecule has 18 heavy (non-hydrogen) atoms. The Morgan fingerprint density at radius 3 is 2.50 bits per heavy atom. The molecule has 1 atom stereocenters. The van der Waals surface area contributed by atoms with E-state index < -0.39 is 11.6 Å². The number of nitrogens with one attached hydrogen (secondary N) is 1. The highest BCUT2D eigenvalue weighted by molar-refractivity contribution is 7.99. The van der Waals surface area contributed by atoms with Crippen molar-refractivity contribution < 1.29 is 8.78 Å². The van der Waals surface area contributed by atoms with Gasteiger partial charge in [0.15, 0.2) is 11.6 Å². The molecule has 0 aliphatic rings. The van der Waals surface area contributed by atoms with Gasteiger partial charge in [0, 0.05) is 11.8 Å². The molecule has 0 aliphatic heterocycles. The molecule has 1 aromatic rings. The van der Waals surface area contributed by atoms with E-state index >= 15 is 0 Å². The Hall–Kier alpha value is -0.610. The molecular formula is C14H21F2NS. The van der Waals surface area contributed by atoms with E-state index in [1.807, 2.05) is 11.8 Å². The van der Waals surface area contributed by atoms with E-state index in [1.165, 1.54) is 12.1 Å². The van der Waals surface area contributed by atoms with Gasteiger partial charge in [0.05, 0.1) is 0 Å². The Morgan fingerprint density at radius 2 is 1.94 bits per heavy atom. The first-order chi connectivity index (χ1) is 8.52. The zero-order valence-electron chi connectivity index (χ0n) is 11.2. The van der Waals surface area contributed by atoms with Crippen LogP contribution in [-0.4, -0.2) is 23.6 Å². The van der Waals surface area contributed by atoms with E-state index in [0.717, 1.165) is 24.3 Å². The lowest BCUT2D eigenvalue weighted by molar-refractivity contribution is 0.504. The van der Waals surface area contributed by atoms with Crippen LogP contribution in [-0.2, 0) is 6.42 Å². The highest BCUT2D eigenvalue weighted by Crippen LogP contribution is 2.15. The molecule has 1 rings (SSSR count). The van der Waals surface area contributed by atoms with Crippen LogP contribution in [0.5, 0.6) is 0 Å². The number of benzene rings is 1. The summed E-state index contributed by atoms with van der Waals surface area (Å²) in [6.45, 7) is 7.25. The van der Waals surface area contributed by atoms with Crippen LogP contribution < -0.4 is 5.32 Å². The molecule has 0 spiro atoms. The van der Waals surface area contributed by atoms with Crippen LogP contribution in [0.3, 0.4) is 0 Å². The normalized spacial score (nSPS) is 13.0. The summed E-state index contributed by atoms with van der Waals surface area (Å²) in [6.07, 6.45) is 0.727. The maximum atomic E-state index is 13.1. The van der Waals surface area contributed by atoms with Gasteiger partial charge in [-0.1, -0.05) is 26.8 Å². The van der Waals surface area contributed by atoms with E-state index in [2.05, 4.69) is 26.1 Å². The van der Waals surface area contributed by atoms with Gasteiger partial charge in [0.1, 0.15) is 0 Å². The summed E-state index contributed by atoms with van der Waals surface area (Å²) in [4.78, 5) is 0. The van der Waals surface area contributed by atoms with Crippen LogP contribution in [0.4, 0.5) is 8.78 Å². The minimum atomic E-state index is -0.782. The third-order valence-electron chi connectivity index (χ3n) is 2.59. The highest BCUT2D eigenvalue weighted by Gasteiger charge is 2.11. The maximum Gasteiger partial charge on any atom is 0.159 e. The summed E-state index contributed by atoms with van der Waals surface area (Å²) >= 11 is 1.88. The minimum Gasteiger partial charge on any atom is -0.313 e. The fourth-order valence-corrected chi connectivity index (χ4v) is 2.59. The number of hydrogen-bond acceptors (Lipinski definition) is 2. The molecule has 1 N–H and O–H groups in total. The Kier molecular flexibility index (Phi) is 6.65. The SMILES string of the molecule is CCNC(CSC(C)C)Cc1ccc(F)c(F)c1. The summed E-state index contributed by atoms with van der Waals surface area (Å²) in [7, 11) is 0. The van der Waals surface area contributed by atoms with Gasteiger partial charge in [-0.15, -0.1) is 0 Å². The predicted molar refractivity (Wildman–Crippen MR) is 75.1 cm³/mol. The third kappa shape index (κ3) is 5.36. The van der Waals surface area contributed by atoms with Crippen LogP contribution in [0, 0.1) is 11.6 Å². The number of halogens is 2. The van der Waals surface area contributed by atoms with Gasteiger partial charge < -0.3 is 5.32 Å². The van der Waals surface area contributed by atoms with E-state index in [-0.39, 0.29) is 0 Å². The molecule has 0 saturated heterocycles. The van der Waals surface area contributed by atoms with Crippen LogP contribution in [0.1, 0.15) is 26.3 Å². The molecule has 4 heteroatoms. The van der Waals surface area contributed by atoms with Crippen molar-refractivity contribution in [2.45, 2.75) is 38.5 Å². The van der Waals surface area contributed by atoms with Crippen LogP contribution in [0.25, 0.3) is 0 Å². The lowest BCUT2D eigenvalue weighted by Gasteiger charge is -2.19. The van der Waals surface area contributed by atoms with Crippen molar-refractivity contribution in [1.29, 1.82) is 0 Å². The molecule has 0 fully saturated rings. The predicted octanol–water partition coefficient (Wildman–Crippen LogP) is 3.63. The summed E-state index contributed by atoms with van der Waals surface area (Å²) < 4.78 is 26.0. The van der Waals surface area contributed by atoms with Gasteiger partial charge in [0.25, 0.3) is 0 Å². The molecule has 0 aliphatic carbocycles. The molecule has 0 heterocycles. The Morgan fingerprint density at radius 1 is 1.22 bits per heavy atom.